The van der Waals surface area contributed by atoms with Crippen LogP contribution in [0.5, 0.6) is 0 Å². The molecule has 0 radical (unpaired) electrons. The highest BCUT2D eigenvalue weighted by molar-refractivity contribution is 7.33. The Balaban J connectivity index is 1.54. The lowest BCUT2D eigenvalue weighted by Crippen LogP contribution is -1.87. The third-order valence-corrected chi connectivity index (χ3v) is 11.5. The van der Waals surface area contributed by atoms with Crippen molar-refractivity contribution in [2.75, 3.05) is 0 Å². The molecule has 152 valence electrons. The van der Waals surface area contributed by atoms with Crippen molar-refractivity contribution in [1.29, 1.82) is 0 Å². The summed E-state index contributed by atoms with van der Waals surface area (Å²) in [5, 5.41) is 2.86. The minimum Gasteiger partial charge on any atom is -0.138 e. The van der Waals surface area contributed by atoms with Crippen molar-refractivity contribution in [3.8, 4) is 0 Å². The smallest absolute Gasteiger partial charge is 0.0541 e. The molecule has 4 heteroatoms. The molecule has 0 spiro atoms. The normalized spacial score (nSPS) is 14.9. The van der Waals surface area contributed by atoms with Crippen molar-refractivity contribution < 1.29 is 0 Å². The first-order chi connectivity index (χ1) is 15.2. The van der Waals surface area contributed by atoms with Crippen LogP contribution in [0.1, 0.15) is 40.1 Å². The first kappa shape index (κ1) is 18.6. The molecular formula is C27H20S4. The lowest BCUT2D eigenvalue weighted by molar-refractivity contribution is 0.942. The van der Waals surface area contributed by atoms with Crippen LogP contribution < -0.4 is 0 Å². The highest BCUT2D eigenvalue weighted by Crippen LogP contribution is 2.53. The minimum absolute atomic E-state index is 1.21. The maximum Gasteiger partial charge on any atom is 0.0541 e. The Hall–Kier alpha value is -1.98. The predicted molar refractivity (Wildman–Crippen MR) is 145 cm³/mol. The van der Waals surface area contributed by atoms with Gasteiger partial charge in [0.1, 0.15) is 0 Å². The van der Waals surface area contributed by atoms with Gasteiger partial charge in [0.15, 0.2) is 0 Å². The van der Waals surface area contributed by atoms with E-state index in [1.807, 2.05) is 45.3 Å². The van der Waals surface area contributed by atoms with Gasteiger partial charge in [0.25, 0.3) is 0 Å². The molecule has 0 saturated carbocycles. The molecule has 0 bridgehead atoms. The Morgan fingerprint density at radius 2 is 1.00 bits per heavy atom. The van der Waals surface area contributed by atoms with E-state index in [9.17, 15) is 0 Å². The summed E-state index contributed by atoms with van der Waals surface area (Å²) in [4.78, 5) is 2.98. The second kappa shape index (κ2) is 6.76. The van der Waals surface area contributed by atoms with Crippen LogP contribution in [0.3, 0.4) is 0 Å². The first-order valence-corrected chi connectivity index (χ1v) is 14.0. The van der Waals surface area contributed by atoms with Crippen molar-refractivity contribution in [3.05, 3.63) is 69.4 Å². The topological polar surface area (TPSA) is 0 Å². The van der Waals surface area contributed by atoms with E-state index in [0.717, 1.165) is 0 Å². The largest absolute Gasteiger partial charge is 0.138 e. The number of thiophene rings is 4. The molecule has 31 heavy (non-hydrogen) atoms. The molecule has 1 aliphatic rings. The molecule has 0 amide bonds. The lowest BCUT2D eigenvalue weighted by Gasteiger charge is -2.09. The first-order valence-electron chi connectivity index (χ1n) is 10.7. The van der Waals surface area contributed by atoms with Crippen molar-refractivity contribution in [2.45, 2.75) is 33.1 Å². The van der Waals surface area contributed by atoms with Crippen molar-refractivity contribution in [1.82, 2.24) is 0 Å². The monoisotopic (exact) mass is 472 g/mol. The average molecular weight is 473 g/mol. The summed E-state index contributed by atoms with van der Waals surface area (Å²) in [5.74, 6) is 0. The van der Waals surface area contributed by atoms with E-state index in [4.69, 9.17) is 0 Å². The third kappa shape index (κ3) is 2.56. The van der Waals surface area contributed by atoms with E-state index < -0.39 is 0 Å². The summed E-state index contributed by atoms with van der Waals surface area (Å²) < 4.78 is 8.84. The van der Waals surface area contributed by atoms with Gasteiger partial charge in [-0.2, -0.15) is 0 Å². The van der Waals surface area contributed by atoms with Crippen LogP contribution in [-0.2, 0) is 0 Å². The average Bonchev–Trinajstić information content (AvgIpc) is 3.55. The van der Waals surface area contributed by atoms with Crippen molar-refractivity contribution >= 4 is 95.5 Å². The van der Waals surface area contributed by atoms with Gasteiger partial charge < -0.3 is 0 Å². The number of allylic oxidation sites excluding steroid dienone is 2. The quantitative estimate of drug-likeness (QED) is 0.235. The third-order valence-electron chi connectivity index (χ3n) is 6.59. The van der Waals surface area contributed by atoms with Gasteiger partial charge in [0, 0.05) is 41.1 Å². The number of aryl methyl sites for hydroxylation is 2. The van der Waals surface area contributed by atoms with Gasteiger partial charge in [0.05, 0.1) is 18.8 Å². The number of hydrogen-bond donors (Lipinski definition) is 0. The SMILES string of the molecule is Cc1sc2c(sc3ccccc32)c1C1=C(c2c(C)sc3c2sc2ccccc23)CCC1. The van der Waals surface area contributed by atoms with Gasteiger partial charge in [-0.05, 0) is 56.4 Å². The molecule has 6 aromatic rings. The maximum absolute atomic E-state index is 2.33. The van der Waals surface area contributed by atoms with E-state index in [-0.39, 0.29) is 0 Å². The Morgan fingerprint density at radius 3 is 1.48 bits per heavy atom. The molecule has 0 atom stereocenters. The van der Waals surface area contributed by atoms with Crippen LogP contribution in [0.2, 0.25) is 0 Å². The molecule has 0 N–H and O–H groups in total. The van der Waals surface area contributed by atoms with Crippen molar-refractivity contribution in [2.24, 2.45) is 0 Å². The molecule has 4 heterocycles. The van der Waals surface area contributed by atoms with Crippen LogP contribution >= 0.6 is 45.3 Å². The van der Waals surface area contributed by atoms with E-state index >= 15 is 0 Å². The minimum atomic E-state index is 1.21. The Morgan fingerprint density at radius 1 is 0.548 bits per heavy atom. The summed E-state index contributed by atoms with van der Waals surface area (Å²) in [6, 6.07) is 17.8. The molecule has 0 aliphatic heterocycles. The van der Waals surface area contributed by atoms with Gasteiger partial charge >= 0.3 is 0 Å². The Bertz CT molecular complexity index is 1550. The standard InChI is InChI=1S/C27H20S4/c1-14-22(26-24(28-14)18-8-3-5-12-20(18)30-26)16-10-7-11-17(16)23-15(2)29-25-19-9-4-6-13-21(19)31-27(23)25/h3-6,8-9,12-13H,7,10-11H2,1-2H3. The fourth-order valence-electron chi connectivity index (χ4n) is 5.30. The zero-order chi connectivity index (χ0) is 20.7. The van der Waals surface area contributed by atoms with Crippen LogP contribution in [0.25, 0.3) is 50.1 Å². The summed E-state index contributed by atoms with van der Waals surface area (Å²) >= 11 is 7.96. The number of rotatable bonds is 2. The van der Waals surface area contributed by atoms with Gasteiger partial charge in [-0.25, -0.2) is 0 Å². The van der Waals surface area contributed by atoms with Gasteiger partial charge in [-0.1, -0.05) is 36.4 Å². The highest BCUT2D eigenvalue weighted by atomic mass is 32.1. The van der Waals surface area contributed by atoms with Gasteiger partial charge in [-0.3, -0.25) is 0 Å². The molecule has 7 rings (SSSR count). The summed E-state index contributed by atoms with van der Waals surface area (Å²) in [6.07, 6.45) is 3.68. The van der Waals surface area contributed by atoms with Crippen LogP contribution in [0.4, 0.5) is 0 Å². The Kier molecular flexibility index (Phi) is 4.05. The van der Waals surface area contributed by atoms with E-state index in [1.165, 1.54) is 68.0 Å². The van der Waals surface area contributed by atoms with Gasteiger partial charge in [-0.15, -0.1) is 45.3 Å². The molecule has 0 fully saturated rings. The van der Waals surface area contributed by atoms with Crippen molar-refractivity contribution in [3.63, 3.8) is 0 Å². The zero-order valence-corrected chi connectivity index (χ0v) is 20.6. The summed E-state index contributed by atoms with van der Waals surface area (Å²) in [5.41, 5.74) is 6.34. The van der Waals surface area contributed by atoms with Crippen LogP contribution in [0.15, 0.2) is 48.5 Å². The zero-order valence-electron chi connectivity index (χ0n) is 17.4. The van der Waals surface area contributed by atoms with E-state index in [2.05, 4.69) is 62.4 Å². The van der Waals surface area contributed by atoms with Gasteiger partial charge in [0.2, 0.25) is 0 Å². The molecule has 0 unspecified atom stereocenters. The second-order valence-corrected chi connectivity index (χ2v) is 12.9. The van der Waals surface area contributed by atoms with E-state index in [1.54, 1.807) is 22.3 Å². The predicted octanol–water partition coefficient (Wildman–Crippen LogP) is 10.3. The number of hydrogen-bond acceptors (Lipinski definition) is 4. The van der Waals surface area contributed by atoms with Crippen LogP contribution in [0, 0.1) is 13.8 Å². The second-order valence-electron chi connectivity index (χ2n) is 8.39. The molecule has 4 aromatic heterocycles. The Labute approximate surface area is 197 Å². The van der Waals surface area contributed by atoms with Crippen LogP contribution in [-0.4, -0.2) is 0 Å². The maximum atomic E-state index is 2.33. The number of fused-ring (bicyclic) bond motifs is 6. The summed E-state index contributed by atoms with van der Waals surface area (Å²) in [6.45, 7) is 4.67. The molecule has 1 aliphatic carbocycles. The highest BCUT2D eigenvalue weighted by Gasteiger charge is 2.27. The summed E-state index contributed by atoms with van der Waals surface area (Å²) in [7, 11) is 0. The van der Waals surface area contributed by atoms with E-state index in [0.29, 0.717) is 0 Å². The molecular weight excluding hydrogens is 453 g/mol. The fraction of sp³-hybridized carbons (Fsp3) is 0.185. The molecule has 2 aromatic carbocycles. The fourth-order valence-corrected chi connectivity index (χ4v) is 10.7. The number of benzene rings is 2. The molecule has 0 saturated heterocycles. The molecule has 0 nitrogen and oxygen atoms in total. The lowest BCUT2D eigenvalue weighted by atomic mass is 9.97.